The molecule has 1 rings (SSSR count). The van der Waals surface area contributed by atoms with E-state index in [1.165, 1.54) is 0 Å². The summed E-state index contributed by atoms with van der Waals surface area (Å²) in [6.07, 6.45) is 0.197. The van der Waals surface area contributed by atoms with Crippen LogP contribution in [-0.2, 0) is 19.1 Å². The number of rotatable bonds is 5. The van der Waals surface area contributed by atoms with Crippen molar-refractivity contribution in [3.8, 4) is 0 Å². The molecule has 0 aromatic carbocycles. The van der Waals surface area contributed by atoms with Crippen LogP contribution in [0, 0.1) is 5.92 Å². The van der Waals surface area contributed by atoms with E-state index in [4.69, 9.17) is 10.5 Å². The lowest BCUT2D eigenvalue weighted by Gasteiger charge is -2.27. The van der Waals surface area contributed by atoms with Gasteiger partial charge in [-0.05, 0) is 20.3 Å². The number of nitrogens with one attached hydrogen (secondary N) is 1. The van der Waals surface area contributed by atoms with Gasteiger partial charge in [0.1, 0.15) is 12.1 Å². The summed E-state index contributed by atoms with van der Waals surface area (Å²) in [6, 6.07) is 0. The normalized spacial score (nSPS) is 29.1. The number of amides is 2. The number of nitrogens with two attached hydrogens (primary N) is 1. The van der Waals surface area contributed by atoms with E-state index in [1.807, 2.05) is 0 Å². The smallest absolute Gasteiger partial charge is 0.220 e. The predicted octanol–water partition coefficient (Wildman–Crippen LogP) is -0.249. The lowest BCUT2D eigenvalue weighted by molar-refractivity contribution is -0.130. The zero-order valence-electron chi connectivity index (χ0n) is 11.0. The third kappa shape index (κ3) is 3.07. The molecule has 1 fully saturated rings. The number of carbonyl (C=O) groups excluding carboxylic acids is 3. The minimum absolute atomic E-state index is 0.0234. The minimum atomic E-state index is -0.965. The van der Waals surface area contributed by atoms with Gasteiger partial charge in [0.25, 0.3) is 0 Å². The molecule has 102 valence electrons. The quantitative estimate of drug-likeness (QED) is 0.708. The van der Waals surface area contributed by atoms with Crippen molar-refractivity contribution in [2.45, 2.75) is 45.3 Å². The minimum Gasteiger partial charge on any atom is -0.369 e. The van der Waals surface area contributed by atoms with E-state index < -0.39 is 11.4 Å². The summed E-state index contributed by atoms with van der Waals surface area (Å²) < 4.78 is 5.21. The summed E-state index contributed by atoms with van der Waals surface area (Å²) in [7, 11) is 0. The second-order valence-electron chi connectivity index (χ2n) is 4.97. The first-order valence-electron chi connectivity index (χ1n) is 6.02. The molecule has 0 aromatic rings. The average molecular weight is 256 g/mol. The zero-order valence-corrected chi connectivity index (χ0v) is 11.0. The summed E-state index contributed by atoms with van der Waals surface area (Å²) in [6.45, 7) is 5.10. The summed E-state index contributed by atoms with van der Waals surface area (Å²) in [5.74, 6) is -1.18. The van der Waals surface area contributed by atoms with Gasteiger partial charge < -0.3 is 15.8 Å². The van der Waals surface area contributed by atoms with Crippen LogP contribution in [0.2, 0.25) is 0 Å². The molecule has 0 aliphatic carbocycles. The fourth-order valence-electron chi connectivity index (χ4n) is 1.76. The van der Waals surface area contributed by atoms with Gasteiger partial charge in [-0.15, -0.1) is 0 Å². The Hall–Kier alpha value is -1.43. The van der Waals surface area contributed by atoms with E-state index in [9.17, 15) is 14.4 Å². The Morgan fingerprint density at radius 3 is 2.67 bits per heavy atom. The van der Waals surface area contributed by atoms with Crippen LogP contribution in [0.3, 0.4) is 0 Å². The van der Waals surface area contributed by atoms with Gasteiger partial charge in [0, 0.05) is 12.3 Å². The molecule has 1 heterocycles. The molecule has 0 aromatic heterocycles. The first-order valence-corrected chi connectivity index (χ1v) is 6.02. The van der Waals surface area contributed by atoms with Gasteiger partial charge in [-0.25, -0.2) is 0 Å². The summed E-state index contributed by atoms with van der Waals surface area (Å²) in [5, 5.41) is 2.68. The second kappa shape index (κ2) is 5.48. The molecule has 0 saturated carbocycles. The Kier molecular flexibility index (Phi) is 4.45. The van der Waals surface area contributed by atoms with Gasteiger partial charge in [0.05, 0.1) is 6.10 Å². The van der Waals surface area contributed by atoms with Crippen molar-refractivity contribution in [3.63, 3.8) is 0 Å². The third-order valence-corrected chi connectivity index (χ3v) is 3.55. The van der Waals surface area contributed by atoms with Crippen molar-refractivity contribution < 1.29 is 19.1 Å². The molecule has 3 atom stereocenters. The third-order valence-electron chi connectivity index (χ3n) is 3.55. The van der Waals surface area contributed by atoms with Crippen LogP contribution in [0.25, 0.3) is 0 Å². The van der Waals surface area contributed by atoms with Crippen molar-refractivity contribution >= 4 is 17.6 Å². The topological polar surface area (TPSA) is 98.5 Å². The maximum atomic E-state index is 11.8. The number of hydrogen-bond donors (Lipinski definition) is 2. The molecule has 2 amide bonds. The molecular weight excluding hydrogens is 236 g/mol. The summed E-state index contributed by atoms with van der Waals surface area (Å²) >= 11 is 0. The first-order chi connectivity index (χ1) is 8.27. The first kappa shape index (κ1) is 14.6. The van der Waals surface area contributed by atoms with Crippen LogP contribution in [0.4, 0.5) is 0 Å². The zero-order chi connectivity index (χ0) is 13.9. The monoisotopic (exact) mass is 256 g/mol. The Morgan fingerprint density at radius 1 is 1.61 bits per heavy atom. The van der Waals surface area contributed by atoms with Crippen LogP contribution >= 0.6 is 0 Å². The molecule has 1 saturated heterocycles. The number of primary amides is 1. The molecule has 6 nitrogen and oxygen atoms in total. The standard InChI is InChI=1S/C12H20N2O4/c1-7(11(13)17)4-5-10(16)14-12(3)8(2)18-6-9(12)15/h7-8H,4-6H2,1-3H3,(H2,13,17)(H,14,16). The highest BCUT2D eigenvalue weighted by Gasteiger charge is 2.45. The fourth-order valence-corrected chi connectivity index (χ4v) is 1.76. The Morgan fingerprint density at radius 2 is 2.22 bits per heavy atom. The second-order valence-corrected chi connectivity index (χ2v) is 4.97. The molecule has 18 heavy (non-hydrogen) atoms. The van der Waals surface area contributed by atoms with E-state index >= 15 is 0 Å². The van der Waals surface area contributed by atoms with Crippen LogP contribution in [-0.4, -0.2) is 35.8 Å². The lowest BCUT2D eigenvalue weighted by Crippen LogP contribution is -2.55. The predicted molar refractivity (Wildman–Crippen MR) is 64.6 cm³/mol. The molecule has 3 unspecified atom stereocenters. The number of Topliss-reactive ketones (excluding diaryl/α,β-unsaturated/α-hetero) is 1. The van der Waals surface area contributed by atoms with E-state index in [0.29, 0.717) is 6.42 Å². The van der Waals surface area contributed by atoms with Crippen molar-refractivity contribution in [1.29, 1.82) is 0 Å². The Bertz CT molecular complexity index is 369. The molecule has 0 spiro atoms. The SMILES string of the molecule is CC(CCC(=O)NC1(C)C(=O)COC1C)C(N)=O. The van der Waals surface area contributed by atoms with E-state index in [-0.39, 0.29) is 36.7 Å². The summed E-state index contributed by atoms with van der Waals surface area (Å²) in [5.41, 5.74) is 4.15. The van der Waals surface area contributed by atoms with Crippen LogP contribution in [0.5, 0.6) is 0 Å². The van der Waals surface area contributed by atoms with Crippen LogP contribution in [0.15, 0.2) is 0 Å². The van der Waals surface area contributed by atoms with Gasteiger partial charge in [-0.1, -0.05) is 6.92 Å². The van der Waals surface area contributed by atoms with E-state index in [0.717, 1.165) is 0 Å². The van der Waals surface area contributed by atoms with Gasteiger partial charge in [0.15, 0.2) is 5.78 Å². The molecular formula is C12H20N2O4. The van der Waals surface area contributed by atoms with Gasteiger partial charge in [0.2, 0.25) is 11.8 Å². The van der Waals surface area contributed by atoms with Crippen molar-refractivity contribution in [2.24, 2.45) is 11.7 Å². The lowest BCUT2D eigenvalue weighted by atomic mass is 9.93. The molecule has 0 radical (unpaired) electrons. The van der Waals surface area contributed by atoms with E-state index in [1.54, 1.807) is 20.8 Å². The molecule has 1 aliphatic rings. The number of hydrogen-bond acceptors (Lipinski definition) is 4. The Balaban J connectivity index is 2.50. The number of ketones is 1. The van der Waals surface area contributed by atoms with Gasteiger partial charge in [-0.2, -0.15) is 0 Å². The van der Waals surface area contributed by atoms with Crippen molar-refractivity contribution in [2.75, 3.05) is 6.61 Å². The van der Waals surface area contributed by atoms with Crippen LogP contribution < -0.4 is 11.1 Å². The maximum absolute atomic E-state index is 11.8. The van der Waals surface area contributed by atoms with Crippen LogP contribution in [0.1, 0.15) is 33.6 Å². The average Bonchev–Trinajstić information content (AvgIpc) is 2.53. The fraction of sp³-hybridized carbons (Fsp3) is 0.750. The molecule has 6 heteroatoms. The van der Waals surface area contributed by atoms with E-state index in [2.05, 4.69) is 5.32 Å². The van der Waals surface area contributed by atoms with Crippen molar-refractivity contribution in [3.05, 3.63) is 0 Å². The largest absolute Gasteiger partial charge is 0.369 e. The van der Waals surface area contributed by atoms with Crippen molar-refractivity contribution in [1.82, 2.24) is 5.32 Å². The van der Waals surface area contributed by atoms with Gasteiger partial charge in [-0.3, -0.25) is 14.4 Å². The number of carbonyl (C=O) groups is 3. The Labute approximate surface area is 106 Å². The molecule has 1 aliphatic heterocycles. The van der Waals surface area contributed by atoms with Gasteiger partial charge >= 0.3 is 0 Å². The molecule has 3 N–H and O–H groups in total. The number of ether oxygens (including phenoxy) is 1. The highest BCUT2D eigenvalue weighted by atomic mass is 16.5. The summed E-state index contributed by atoms with van der Waals surface area (Å²) in [4.78, 5) is 34.3. The maximum Gasteiger partial charge on any atom is 0.220 e. The molecule has 0 bridgehead atoms. The highest BCUT2D eigenvalue weighted by molar-refractivity contribution is 5.95. The highest BCUT2D eigenvalue weighted by Crippen LogP contribution is 2.22.